The summed E-state index contributed by atoms with van der Waals surface area (Å²) in [5, 5.41) is 2.58. The molecule has 5 nitrogen and oxygen atoms in total. The maximum absolute atomic E-state index is 11.8. The zero-order valence-corrected chi connectivity index (χ0v) is 14.9. The van der Waals surface area contributed by atoms with Crippen molar-refractivity contribution in [1.29, 1.82) is 0 Å². The van der Waals surface area contributed by atoms with Crippen LogP contribution in [0.25, 0.3) is 5.57 Å². The number of nitrogens with one attached hydrogen (secondary N) is 3. The van der Waals surface area contributed by atoms with Crippen LogP contribution in [0.4, 0.5) is 5.69 Å². The van der Waals surface area contributed by atoms with E-state index in [0.29, 0.717) is 5.69 Å². The summed E-state index contributed by atoms with van der Waals surface area (Å²) >= 11 is 0. The van der Waals surface area contributed by atoms with Crippen molar-refractivity contribution in [3.63, 3.8) is 0 Å². The summed E-state index contributed by atoms with van der Waals surface area (Å²) in [6, 6.07) is 12.3. The molecule has 0 spiro atoms. The van der Waals surface area contributed by atoms with Crippen molar-refractivity contribution in [1.82, 2.24) is 4.98 Å². The number of carbonyl (C=O) groups is 1. The number of anilines is 1. The maximum atomic E-state index is 11.8. The van der Waals surface area contributed by atoms with Gasteiger partial charge in [-0.3, -0.25) is 9.59 Å². The SMILES string of the molecule is CC(=O)Nc1cc(C2=CC[NH+](Cc3ccccc3)CC2)c[nH]c1=O.[Cl-]. The van der Waals surface area contributed by atoms with Crippen LogP contribution in [-0.4, -0.2) is 24.0 Å². The molecule has 2 aromatic rings. The van der Waals surface area contributed by atoms with E-state index in [1.165, 1.54) is 23.0 Å². The number of hydrogen-bond donors (Lipinski definition) is 3. The van der Waals surface area contributed by atoms with E-state index < -0.39 is 0 Å². The van der Waals surface area contributed by atoms with Gasteiger partial charge in [-0.2, -0.15) is 0 Å². The third kappa shape index (κ3) is 5.05. The lowest BCUT2D eigenvalue weighted by Crippen LogP contribution is -3.11. The van der Waals surface area contributed by atoms with E-state index in [-0.39, 0.29) is 23.9 Å². The van der Waals surface area contributed by atoms with Gasteiger partial charge in [0.2, 0.25) is 5.91 Å². The third-order valence-corrected chi connectivity index (χ3v) is 4.27. The average molecular weight is 360 g/mol. The van der Waals surface area contributed by atoms with Crippen LogP contribution in [0.1, 0.15) is 24.5 Å². The molecule has 2 heterocycles. The standard InChI is InChI=1S/C19H21N3O2.ClH/c1-14(23)21-18-11-17(12-20-19(18)24)16-7-9-22(10-8-16)13-15-5-3-2-4-6-15;/h2-7,11-12H,8-10,13H2,1H3,(H,20,24)(H,21,23);1H. The second kappa shape index (κ2) is 8.65. The molecule has 1 aliphatic rings. The van der Waals surface area contributed by atoms with Crippen LogP contribution in [0.15, 0.2) is 53.5 Å². The predicted octanol–water partition coefficient (Wildman–Crippen LogP) is -1.79. The van der Waals surface area contributed by atoms with Crippen LogP contribution in [-0.2, 0) is 11.3 Å². The monoisotopic (exact) mass is 359 g/mol. The normalized spacial score (nSPS) is 16.5. The van der Waals surface area contributed by atoms with Crippen LogP contribution in [0.3, 0.4) is 0 Å². The molecule has 0 bridgehead atoms. The molecule has 25 heavy (non-hydrogen) atoms. The Balaban J connectivity index is 0.00000225. The lowest BCUT2D eigenvalue weighted by atomic mass is 10.0. The number of aromatic nitrogens is 1. The highest BCUT2D eigenvalue weighted by atomic mass is 35.5. The van der Waals surface area contributed by atoms with Crippen LogP contribution >= 0.6 is 0 Å². The van der Waals surface area contributed by atoms with Crippen LogP contribution in [0, 0.1) is 0 Å². The van der Waals surface area contributed by atoms with Gasteiger partial charge in [-0.25, -0.2) is 0 Å². The minimum atomic E-state index is -0.276. The Morgan fingerprint density at radius 1 is 1.28 bits per heavy atom. The summed E-state index contributed by atoms with van der Waals surface area (Å²) in [5.41, 5.74) is 3.56. The van der Waals surface area contributed by atoms with Gasteiger partial charge in [0.25, 0.3) is 5.56 Å². The van der Waals surface area contributed by atoms with Crippen molar-refractivity contribution in [2.75, 3.05) is 18.4 Å². The number of pyridine rings is 1. The van der Waals surface area contributed by atoms with Gasteiger partial charge in [0, 0.05) is 25.1 Å². The lowest BCUT2D eigenvalue weighted by Gasteiger charge is -2.24. The molecule has 1 aromatic carbocycles. The fourth-order valence-electron chi connectivity index (χ4n) is 3.04. The minimum Gasteiger partial charge on any atom is -1.00 e. The Labute approximate surface area is 153 Å². The fraction of sp³-hybridized carbons (Fsp3) is 0.263. The van der Waals surface area contributed by atoms with E-state index in [9.17, 15) is 9.59 Å². The number of amides is 1. The summed E-state index contributed by atoms with van der Waals surface area (Å²) in [4.78, 5) is 27.2. The van der Waals surface area contributed by atoms with Gasteiger partial charge >= 0.3 is 0 Å². The number of H-pyrrole nitrogens is 1. The first kappa shape index (κ1) is 19.0. The first-order chi connectivity index (χ1) is 11.6. The first-order valence-corrected chi connectivity index (χ1v) is 8.19. The molecule has 0 saturated heterocycles. The molecule has 6 heteroatoms. The van der Waals surface area contributed by atoms with E-state index >= 15 is 0 Å². The molecule has 3 N–H and O–H groups in total. The molecule has 1 aliphatic heterocycles. The second-order valence-electron chi connectivity index (χ2n) is 6.16. The minimum absolute atomic E-state index is 0. The Morgan fingerprint density at radius 3 is 2.68 bits per heavy atom. The van der Waals surface area contributed by atoms with Crippen molar-refractivity contribution in [2.45, 2.75) is 19.9 Å². The predicted molar refractivity (Wildman–Crippen MR) is 94.8 cm³/mol. The quantitative estimate of drug-likeness (QED) is 0.603. The molecule has 1 aromatic heterocycles. The molecular formula is C19H22ClN3O2. The third-order valence-electron chi connectivity index (χ3n) is 4.27. The number of benzene rings is 1. The average Bonchev–Trinajstić information content (AvgIpc) is 2.58. The molecule has 1 unspecified atom stereocenters. The molecule has 132 valence electrons. The number of quaternary nitrogens is 1. The van der Waals surface area contributed by atoms with E-state index in [4.69, 9.17) is 0 Å². The van der Waals surface area contributed by atoms with Crippen molar-refractivity contribution >= 4 is 17.2 Å². The Bertz CT molecular complexity index is 815. The number of aromatic amines is 1. The molecule has 1 atom stereocenters. The van der Waals surface area contributed by atoms with E-state index in [2.05, 4.69) is 40.6 Å². The number of carbonyl (C=O) groups excluding carboxylic acids is 1. The van der Waals surface area contributed by atoms with Crippen molar-refractivity contribution in [2.24, 2.45) is 0 Å². The summed E-state index contributed by atoms with van der Waals surface area (Å²) in [7, 11) is 0. The molecule has 0 fully saturated rings. The Hall–Kier alpha value is -2.37. The van der Waals surface area contributed by atoms with E-state index in [0.717, 1.165) is 31.6 Å². The zero-order valence-electron chi connectivity index (χ0n) is 14.1. The van der Waals surface area contributed by atoms with Gasteiger partial charge in [0.05, 0.1) is 13.1 Å². The van der Waals surface area contributed by atoms with Gasteiger partial charge in [-0.1, -0.05) is 30.3 Å². The van der Waals surface area contributed by atoms with E-state index in [1.807, 2.05) is 6.07 Å². The molecule has 0 radical (unpaired) electrons. The fourth-order valence-corrected chi connectivity index (χ4v) is 3.04. The topological polar surface area (TPSA) is 66.4 Å². The highest BCUT2D eigenvalue weighted by Gasteiger charge is 2.17. The van der Waals surface area contributed by atoms with Crippen molar-refractivity contribution in [3.05, 3.63) is 70.2 Å². The molecular weight excluding hydrogens is 338 g/mol. The first-order valence-electron chi connectivity index (χ1n) is 8.19. The highest BCUT2D eigenvalue weighted by Crippen LogP contribution is 2.19. The number of halogens is 1. The van der Waals surface area contributed by atoms with Gasteiger partial charge in [0.15, 0.2) is 0 Å². The number of rotatable bonds is 4. The zero-order chi connectivity index (χ0) is 16.9. The van der Waals surface area contributed by atoms with Crippen LogP contribution in [0.5, 0.6) is 0 Å². The van der Waals surface area contributed by atoms with Crippen molar-refractivity contribution in [3.8, 4) is 0 Å². The summed E-state index contributed by atoms with van der Waals surface area (Å²) in [6.07, 6.45) is 4.91. The van der Waals surface area contributed by atoms with Crippen LogP contribution < -0.4 is 28.2 Å². The van der Waals surface area contributed by atoms with Gasteiger partial charge in [-0.05, 0) is 23.3 Å². The van der Waals surface area contributed by atoms with Gasteiger partial charge < -0.3 is 27.6 Å². The summed E-state index contributed by atoms with van der Waals surface area (Å²) in [6.45, 7) is 4.43. The lowest BCUT2D eigenvalue weighted by molar-refractivity contribution is -0.908. The maximum Gasteiger partial charge on any atom is 0.271 e. The Kier molecular flexibility index (Phi) is 6.56. The highest BCUT2D eigenvalue weighted by molar-refractivity contribution is 5.89. The van der Waals surface area contributed by atoms with Gasteiger partial charge in [0.1, 0.15) is 12.2 Å². The second-order valence-corrected chi connectivity index (χ2v) is 6.16. The molecule has 3 rings (SSSR count). The molecule has 0 aliphatic carbocycles. The summed E-state index contributed by atoms with van der Waals surface area (Å²) in [5.74, 6) is -0.242. The molecule has 1 amide bonds. The van der Waals surface area contributed by atoms with E-state index in [1.54, 1.807) is 12.3 Å². The summed E-state index contributed by atoms with van der Waals surface area (Å²) < 4.78 is 0. The molecule has 0 saturated carbocycles. The van der Waals surface area contributed by atoms with Crippen LogP contribution in [0.2, 0.25) is 0 Å². The largest absolute Gasteiger partial charge is 1.00 e. The van der Waals surface area contributed by atoms with Gasteiger partial charge in [-0.15, -0.1) is 0 Å². The smallest absolute Gasteiger partial charge is 0.271 e. The number of hydrogen-bond acceptors (Lipinski definition) is 2. The van der Waals surface area contributed by atoms with Crippen molar-refractivity contribution < 1.29 is 22.1 Å². The Morgan fingerprint density at radius 2 is 2.04 bits per heavy atom.